The first-order chi connectivity index (χ1) is 11.2. The second kappa shape index (κ2) is 6.47. The van der Waals surface area contributed by atoms with Crippen molar-refractivity contribution in [1.29, 1.82) is 0 Å². The highest BCUT2D eigenvalue weighted by atomic mass is 35.5. The Bertz CT molecular complexity index is 612. The molecule has 4 nitrogen and oxygen atoms in total. The Kier molecular flexibility index (Phi) is 4.69. The van der Waals surface area contributed by atoms with Gasteiger partial charge in [-0.05, 0) is 77.1 Å². The van der Waals surface area contributed by atoms with E-state index in [4.69, 9.17) is 16.3 Å². The van der Waals surface area contributed by atoms with Crippen LogP contribution in [-0.4, -0.2) is 34.7 Å². The highest BCUT2D eigenvalue weighted by Gasteiger charge is 2.44. The highest BCUT2D eigenvalue weighted by molar-refractivity contribution is 6.30. The molecule has 5 heteroatoms. The van der Waals surface area contributed by atoms with Gasteiger partial charge < -0.3 is 15.0 Å². The van der Waals surface area contributed by atoms with Gasteiger partial charge in [-0.2, -0.15) is 0 Å². The fraction of sp³-hybridized carbons (Fsp3) is 0.632. The van der Waals surface area contributed by atoms with Crippen molar-refractivity contribution < 1.29 is 9.53 Å². The van der Waals surface area contributed by atoms with E-state index in [1.165, 1.54) is 0 Å². The van der Waals surface area contributed by atoms with Crippen LogP contribution in [0.1, 0.15) is 52.0 Å². The number of amides is 1. The smallest absolute Gasteiger partial charge is 0.410 e. The zero-order valence-electron chi connectivity index (χ0n) is 14.9. The SMILES string of the molecule is Cc1cc(Cl)ccc1NC1CC2CCC(C1)N2C(=O)OC(C)(C)C. The minimum absolute atomic E-state index is 0.156. The number of piperidine rings is 1. The molecule has 2 aliphatic heterocycles. The third-order valence-corrected chi connectivity index (χ3v) is 5.12. The Labute approximate surface area is 149 Å². The molecule has 132 valence electrons. The second-order valence-electron chi connectivity index (χ2n) is 8.04. The van der Waals surface area contributed by atoms with E-state index in [9.17, 15) is 4.79 Å². The van der Waals surface area contributed by atoms with Crippen molar-refractivity contribution in [2.75, 3.05) is 5.32 Å². The molecule has 1 N–H and O–H groups in total. The number of nitrogens with zero attached hydrogens (tertiary/aromatic N) is 1. The quantitative estimate of drug-likeness (QED) is 0.816. The van der Waals surface area contributed by atoms with Crippen LogP contribution in [0, 0.1) is 6.92 Å². The van der Waals surface area contributed by atoms with Crippen LogP contribution in [0.25, 0.3) is 0 Å². The predicted molar refractivity (Wildman–Crippen MR) is 97.7 cm³/mol. The highest BCUT2D eigenvalue weighted by Crippen LogP contribution is 2.38. The van der Waals surface area contributed by atoms with E-state index in [1.54, 1.807) is 0 Å². The fourth-order valence-corrected chi connectivity index (χ4v) is 4.14. The van der Waals surface area contributed by atoms with E-state index in [2.05, 4.69) is 12.2 Å². The number of ether oxygens (including phenoxy) is 1. The number of anilines is 1. The molecule has 2 aliphatic rings. The monoisotopic (exact) mass is 350 g/mol. The summed E-state index contributed by atoms with van der Waals surface area (Å²) in [5, 5.41) is 4.41. The average Bonchev–Trinajstić information content (AvgIpc) is 2.72. The summed E-state index contributed by atoms with van der Waals surface area (Å²) in [4.78, 5) is 14.5. The molecule has 0 radical (unpaired) electrons. The average molecular weight is 351 g/mol. The molecular weight excluding hydrogens is 324 g/mol. The molecule has 2 bridgehead atoms. The number of carbonyl (C=O) groups is 1. The lowest BCUT2D eigenvalue weighted by Crippen LogP contribution is -2.51. The van der Waals surface area contributed by atoms with Crippen molar-refractivity contribution in [1.82, 2.24) is 4.90 Å². The van der Waals surface area contributed by atoms with Crippen molar-refractivity contribution >= 4 is 23.4 Å². The molecule has 1 amide bonds. The van der Waals surface area contributed by atoms with Crippen molar-refractivity contribution in [2.45, 2.75) is 77.1 Å². The Morgan fingerprint density at radius 1 is 1.25 bits per heavy atom. The van der Waals surface area contributed by atoms with Crippen LogP contribution in [0.2, 0.25) is 5.02 Å². The maximum atomic E-state index is 12.5. The molecule has 1 aromatic carbocycles. The third-order valence-electron chi connectivity index (χ3n) is 4.89. The maximum Gasteiger partial charge on any atom is 0.410 e. The largest absolute Gasteiger partial charge is 0.444 e. The van der Waals surface area contributed by atoms with Crippen molar-refractivity contribution in [3.63, 3.8) is 0 Å². The van der Waals surface area contributed by atoms with Gasteiger partial charge in [-0.3, -0.25) is 0 Å². The van der Waals surface area contributed by atoms with Crippen LogP contribution in [-0.2, 0) is 4.74 Å². The molecular formula is C19H27ClN2O2. The van der Waals surface area contributed by atoms with Crippen LogP contribution in [0.15, 0.2) is 18.2 Å². The van der Waals surface area contributed by atoms with E-state index >= 15 is 0 Å². The molecule has 0 spiro atoms. The molecule has 1 aromatic rings. The Morgan fingerprint density at radius 2 is 1.88 bits per heavy atom. The Morgan fingerprint density at radius 3 is 2.42 bits per heavy atom. The molecule has 2 heterocycles. The molecule has 24 heavy (non-hydrogen) atoms. The number of halogens is 1. The lowest BCUT2D eigenvalue weighted by molar-refractivity contribution is 0.00683. The van der Waals surface area contributed by atoms with Gasteiger partial charge in [0.15, 0.2) is 0 Å². The van der Waals surface area contributed by atoms with Gasteiger partial charge in [-0.1, -0.05) is 11.6 Å². The van der Waals surface area contributed by atoms with Crippen molar-refractivity contribution in [2.24, 2.45) is 0 Å². The van der Waals surface area contributed by atoms with Crippen LogP contribution in [0.4, 0.5) is 10.5 Å². The number of benzene rings is 1. The lowest BCUT2D eigenvalue weighted by Gasteiger charge is -2.40. The van der Waals surface area contributed by atoms with Crippen LogP contribution >= 0.6 is 11.6 Å². The van der Waals surface area contributed by atoms with Gasteiger partial charge in [0.2, 0.25) is 0 Å². The minimum Gasteiger partial charge on any atom is -0.444 e. The van der Waals surface area contributed by atoms with E-state index in [0.717, 1.165) is 42.0 Å². The van der Waals surface area contributed by atoms with Crippen molar-refractivity contribution in [3.8, 4) is 0 Å². The number of aryl methyl sites for hydroxylation is 1. The zero-order chi connectivity index (χ0) is 17.5. The maximum absolute atomic E-state index is 12.5. The van der Waals surface area contributed by atoms with Crippen LogP contribution in [0.3, 0.4) is 0 Å². The zero-order valence-corrected chi connectivity index (χ0v) is 15.7. The van der Waals surface area contributed by atoms with Gasteiger partial charge >= 0.3 is 6.09 Å². The standard InChI is InChI=1S/C19H27ClN2O2/c1-12-9-13(20)5-8-17(12)21-14-10-15-6-7-16(11-14)22(15)18(23)24-19(2,3)4/h5,8-9,14-16,21H,6-7,10-11H2,1-4H3. The number of nitrogens with one attached hydrogen (secondary N) is 1. The van der Waals surface area contributed by atoms with Gasteiger partial charge in [-0.15, -0.1) is 0 Å². The minimum atomic E-state index is -0.438. The van der Waals surface area contributed by atoms with Crippen LogP contribution < -0.4 is 5.32 Å². The lowest BCUT2D eigenvalue weighted by atomic mass is 9.97. The Balaban J connectivity index is 1.66. The van der Waals surface area contributed by atoms with E-state index in [-0.39, 0.29) is 18.2 Å². The normalized spacial score (nSPS) is 26.4. The Hall–Kier alpha value is -1.42. The van der Waals surface area contributed by atoms with Gasteiger partial charge in [0.05, 0.1) is 0 Å². The summed E-state index contributed by atoms with van der Waals surface area (Å²) in [6, 6.07) is 6.89. The number of hydrogen-bond acceptors (Lipinski definition) is 3. The van der Waals surface area contributed by atoms with Gasteiger partial charge in [0.25, 0.3) is 0 Å². The van der Waals surface area contributed by atoms with Gasteiger partial charge in [0, 0.05) is 28.8 Å². The van der Waals surface area contributed by atoms with E-state index in [0.29, 0.717) is 6.04 Å². The fourth-order valence-electron chi connectivity index (χ4n) is 3.92. The summed E-state index contributed by atoms with van der Waals surface area (Å²) >= 11 is 6.04. The number of rotatable bonds is 2. The summed E-state index contributed by atoms with van der Waals surface area (Å²) < 4.78 is 5.60. The topological polar surface area (TPSA) is 41.6 Å². The van der Waals surface area contributed by atoms with Crippen LogP contribution in [0.5, 0.6) is 0 Å². The summed E-state index contributed by atoms with van der Waals surface area (Å²) in [5.74, 6) is 0. The molecule has 2 fully saturated rings. The molecule has 3 rings (SSSR count). The molecule has 0 aliphatic carbocycles. The molecule has 2 saturated heterocycles. The molecule has 2 unspecified atom stereocenters. The first kappa shape index (κ1) is 17.4. The van der Waals surface area contributed by atoms with E-state index < -0.39 is 5.60 Å². The van der Waals surface area contributed by atoms with Crippen molar-refractivity contribution in [3.05, 3.63) is 28.8 Å². The molecule has 0 aromatic heterocycles. The first-order valence-electron chi connectivity index (χ1n) is 8.77. The number of hydrogen-bond donors (Lipinski definition) is 1. The summed E-state index contributed by atoms with van der Waals surface area (Å²) in [7, 11) is 0. The third kappa shape index (κ3) is 3.80. The molecule has 2 atom stereocenters. The summed E-state index contributed by atoms with van der Waals surface area (Å²) in [6.07, 6.45) is 3.93. The first-order valence-corrected chi connectivity index (χ1v) is 9.15. The van der Waals surface area contributed by atoms with Gasteiger partial charge in [0.1, 0.15) is 5.60 Å². The van der Waals surface area contributed by atoms with E-state index in [1.807, 2.05) is 43.9 Å². The number of fused-ring (bicyclic) bond motifs is 2. The molecule has 0 saturated carbocycles. The predicted octanol–water partition coefficient (Wildman–Crippen LogP) is 4.99. The second-order valence-corrected chi connectivity index (χ2v) is 8.48. The summed E-state index contributed by atoms with van der Waals surface area (Å²) in [6.45, 7) is 7.83. The van der Waals surface area contributed by atoms with Gasteiger partial charge in [-0.25, -0.2) is 4.79 Å². The summed E-state index contributed by atoms with van der Waals surface area (Å²) in [5.41, 5.74) is 1.85. The number of carbonyl (C=O) groups excluding carboxylic acids is 1.